The van der Waals surface area contributed by atoms with Crippen LogP contribution in [0.4, 0.5) is 0 Å². The van der Waals surface area contributed by atoms with Crippen LogP contribution in [-0.4, -0.2) is 32.5 Å². The number of methoxy groups -OCH3 is 1. The molecule has 15 heavy (non-hydrogen) atoms. The normalized spacial score (nSPS) is 7.53. The number of hydrogen-bond donors (Lipinski definition) is 1. The number of carbonyl (C=O) groups is 2. The Bertz CT molecular complexity index is 125. The Hall–Kier alpha value is -0.900. The van der Waals surface area contributed by atoms with E-state index in [-0.39, 0.29) is 5.91 Å². The molecule has 0 rings (SSSR count). The van der Waals surface area contributed by atoms with E-state index in [1.54, 1.807) is 7.11 Å². The average molecular weight is 219 g/mol. The van der Waals surface area contributed by atoms with Crippen molar-refractivity contribution in [3.63, 3.8) is 0 Å². The van der Waals surface area contributed by atoms with Crippen LogP contribution in [0.3, 0.4) is 0 Å². The van der Waals surface area contributed by atoms with Gasteiger partial charge in [0.05, 0.1) is 0 Å². The van der Waals surface area contributed by atoms with E-state index in [9.17, 15) is 9.59 Å². The van der Waals surface area contributed by atoms with E-state index in [2.05, 4.69) is 10.1 Å². The molecular formula is C11H25NO3. The van der Waals surface area contributed by atoms with Crippen molar-refractivity contribution in [3.05, 3.63) is 0 Å². The van der Waals surface area contributed by atoms with Crippen LogP contribution in [0, 0.1) is 0 Å². The molecule has 1 amide bonds. The number of carbonyl (C=O) groups excluding carboxylic acids is 2. The lowest BCUT2D eigenvalue weighted by atomic mass is 10.3. The zero-order valence-corrected chi connectivity index (χ0v) is 10.6. The summed E-state index contributed by atoms with van der Waals surface area (Å²) in [5.41, 5.74) is 0. The van der Waals surface area contributed by atoms with Gasteiger partial charge >= 0.3 is 0 Å². The monoisotopic (exact) mass is 219 g/mol. The van der Waals surface area contributed by atoms with Gasteiger partial charge in [0.25, 0.3) is 0 Å². The molecule has 0 radical (unpaired) electrons. The number of aldehydes is 1. The molecule has 0 saturated heterocycles. The third kappa shape index (κ3) is 43.4. The molecule has 1 N–H and O–H groups in total. The standard InChI is InChI=1S/C6H11NO2.C3H8O.C2H6/c1-6(9)7-4-2-3-5-8;1-3-4-2;1-2/h5H,2-4H2,1H3,(H,7,9);3H2,1-2H3;1-2H3. The first-order chi connectivity index (χ1) is 7.18. The number of ether oxygens (including phenoxy) is 1. The van der Waals surface area contributed by atoms with Crippen LogP contribution >= 0.6 is 0 Å². The Labute approximate surface area is 93.4 Å². The molecule has 0 bridgehead atoms. The van der Waals surface area contributed by atoms with E-state index in [0.29, 0.717) is 13.0 Å². The van der Waals surface area contributed by atoms with Crippen LogP contribution in [0.1, 0.15) is 40.5 Å². The molecule has 0 heterocycles. The SMILES string of the molecule is CC.CC(=O)NCCCC=O.CCOC. The van der Waals surface area contributed by atoms with E-state index in [0.717, 1.165) is 19.3 Å². The van der Waals surface area contributed by atoms with E-state index < -0.39 is 0 Å². The van der Waals surface area contributed by atoms with Gasteiger partial charge in [-0.15, -0.1) is 0 Å². The van der Waals surface area contributed by atoms with Gasteiger partial charge in [0.15, 0.2) is 0 Å². The van der Waals surface area contributed by atoms with Crippen LogP contribution in [0.25, 0.3) is 0 Å². The van der Waals surface area contributed by atoms with E-state index in [1.165, 1.54) is 6.92 Å². The Morgan fingerprint density at radius 2 is 1.87 bits per heavy atom. The van der Waals surface area contributed by atoms with Crippen molar-refractivity contribution >= 4 is 12.2 Å². The number of unbranched alkanes of at least 4 members (excludes halogenated alkanes) is 1. The highest BCUT2D eigenvalue weighted by atomic mass is 16.5. The lowest BCUT2D eigenvalue weighted by molar-refractivity contribution is -0.119. The quantitative estimate of drug-likeness (QED) is 0.566. The van der Waals surface area contributed by atoms with Gasteiger partial charge in [-0.2, -0.15) is 0 Å². The fourth-order valence-electron chi connectivity index (χ4n) is 0.450. The lowest BCUT2D eigenvalue weighted by Gasteiger charge is -1.96. The second-order valence-corrected chi connectivity index (χ2v) is 2.37. The zero-order valence-electron chi connectivity index (χ0n) is 10.6. The summed E-state index contributed by atoms with van der Waals surface area (Å²) >= 11 is 0. The number of hydrogen-bond acceptors (Lipinski definition) is 3. The Morgan fingerprint density at radius 3 is 2.13 bits per heavy atom. The summed E-state index contributed by atoms with van der Waals surface area (Å²) in [6.07, 6.45) is 2.12. The Kier molecular flexibility index (Phi) is 30.3. The van der Waals surface area contributed by atoms with Gasteiger partial charge in [0.2, 0.25) is 5.91 Å². The minimum atomic E-state index is -0.0408. The second-order valence-electron chi connectivity index (χ2n) is 2.37. The summed E-state index contributed by atoms with van der Waals surface area (Å²) < 4.78 is 4.54. The summed E-state index contributed by atoms with van der Waals surface area (Å²) in [5, 5.41) is 2.58. The molecule has 0 spiro atoms. The van der Waals surface area contributed by atoms with Crippen LogP contribution < -0.4 is 5.32 Å². The van der Waals surface area contributed by atoms with Crippen LogP contribution in [0.15, 0.2) is 0 Å². The van der Waals surface area contributed by atoms with Crippen LogP contribution in [0.5, 0.6) is 0 Å². The van der Waals surface area contributed by atoms with Crippen LogP contribution in [-0.2, 0) is 14.3 Å². The fraction of sp³-hybridized carbons (Fsp3) is 0.818. The van der Waals surface area contributed by atoms with E-state index in [1.807, 2.05) is 20.8 Å². The number of amides is 1. The van der Waals surface area contributed by atoms with Crippen molar-refractivity contribution < 1.29 is 14.3 Å². The minimum absolute atomic E-state index is 0.0408. The maximum absolute atomic E-state index is 10.2. The van der Waals surface area contributed by atoms with Crippen molar-refractivity contribution in [2.75, 3.05) is 20.3 Å². The topological polar surface area (TPSA) is 55.4 Å². The van der Waals surface area contributed by atoms with Crippen LogP contribution in [0.2, 0.25) is 0 Å². The van der Waals surface area contributed by atoms with E-state index >= 15 is 0 Å². The molecule has 0 aliphatic rings. The highest BCUT2D eigenvalue weighted by molar-refractivity contribution is 5.72. The molecule has 0 aromatic heterocycles. The second kappa shape index (κ2) is 23.2. The molecule has 92 valence electrons. The third-order valence-electron chi connectivity index (χ3n) is 1.16. The fourth-order valence-corrected chi connectivity index (χ4v) is 0.450. The molecule has 0 aromatic rings. The molecule has 0 atom stereocenters. The Balaban J connectivity index is -0.000000202. The summed E-state index contributed by atoms with van der Waals surface area (Å²) in [4.78, 5) is 19.9. The van der Waals surface area contributed by atoms with Gasteiger partial charge in [-0.3, -0.25) is 4.79 Å². The highest BCUT2D eigenvalue weighted by Crippen LogP contribution is 1.79. The molecule has 4 nitrogen and oxygen atoms in total. The van der Waals surface area contributed by atoms with Gasteiger partial charge in [0, 0.05) is 33.6 Å². The predicted octanol–water partition coefficient (Wildman–Crippen LogP) is 1.78. The van der Waals surface area contributed by atoms with Gasteiger partial charge < -0.3 is 14.8 Å². The zero-order chi connectivity index (χ0) is 12.5. The van der Waals surface area contributed by atoms with Crippen molar-refractivity contribution in [1.82, 2.24) is 5.32 Å². The first-order valence-electron chi connectivity index (χ1n) is 5.36. The van der Waals surface area contributed by atoms with Crippen molar-refractivity contribution in [3.8, 4) is 0 Å². The average Bonchev–Trinajstić information content (AvgIpc) is 2.27. The number of rotatable bonds is 5. The molecular weight excluding hydrogens is 194 g/mol. The molecule has 0 aromatic carbocycles. The highest BCUT2D eigenvalue weighted by Gasteiger charge is 1.87. The molecule has 0 aliphatic heterocycles. The van der Waals surface area contributed by atoms with E-state index in [4.69, 9.17) is 0 Å². The molecule has 0 fully saturated rings. The largest absolute Gasteiger partial charge is 0.385 e. The lowest BCUT2D eigenvalue weighted by Crippen LogP contribution is -2.20. The minimum Gasteiger partial charge on any atom is -0.385 e. The summed E-state index contributed by atoms with van der Waals surface area (Å²) in [6.45, 7) is 8.84. The van der Waals surface area contributed by atoms with Crippen molar-refractivity contribution in [2.45, 2.75) is 40.5 Å². The summed E-state index contributed by atoms with van der Waals surface area (Å²) in [6, 6.07) is 0. The molecule has 0 unspecified atom stereocenters. The van der Waals surface area contributed by atoms with Gasteiger partial charge in [-0.25, -0.2) is 0 Å². The third-order valence-corrected chi connectivity index (χ3v) is 1.16. The van der Waals surface area contributed by atoms with Gasteiger partial charge in [0.1, 0.15) is 6.29 Å². The summed E-state index contributed by atoms with van der Waals surface area (Å²) in [7, 11) is 1.68. The van der Waals surface area contributed by atoms with Crippen molar-refractivity contribution in [2.24, 2.45) is 0 Å². The predicted molar refractivity (Wildman–Crippen MR) is 62.9 cm³/mol. The molecule has 4 heteroatoms. The molecule has 0 aliphatic carbocycles. The van der Waals surface area contributed by atoms with Gasteiger partial charge in [-0.05, 0) is 13.3 Å². The van der Waals surface area contributed by atoms with Gasteiger partial charge in [-0.1, -0.05) is 13.8 Å². The first-order valence-corrected chi connectivity index (χ1v) is 5.36. The Morgan fingerprint density at radius 1 is 1.40 bits per heavy atom. The summed E-state index contributed by atoms with van der Waals surface area (Å²) in [5.74, 6) is -0.0408. The van der Waals surface area contributed by atoms with Crippen molar-refractivity contribution in [1.29, 1.82) is 0 Å². The molecule has 0 saturated carbocycles. The maximum Gasteiger partial charge on any atom is 0.216 e. The number of nitrogens with one attached hydrogen (secondary N) is 1. The first kappa shape index (κ1) is 19.6. The smallest absolute Gasteiger partial charge is 0.216 e. The maximum atomic E-state index is 10.2.